The van der Waals surface area contributed by atoms with E-state index in [-0.39, 0.29) is 0 Å². The van der Waals surface area contributed by atoms with Gasteiger partial charge in [0, 0.05) is 38.2 Å². The predicted molar refractivity (Wildman–Crippen MR) is 91.0 cm³/mol. The molecular weight excluding hydrogens is 314 g/mol. The lowest BCUT2D eigenvalue weighted by atomic mass is 10.2. The van der Waals surface area contributed by atoms with Gasteiger partial charge in [-0.3, -0.25) is 0 Å². The molecule has 0 radical (unpaired) electrons. The fourth-order valence-electron chi connectivity index (χ4n) is 2.88. The molecule has 120 valence electrons. The molecule has 1 aromatic heterocycles. The van der Waals surface area contributed by atoms with Crippen LogP contribution in [0.3, 0.4) is 0 Å². The summed E-state index contributed by atoms with van der Waals surface area (Å²) in [6, 6.07) is 5.64. The zero-order valence-electron chi connectivity index (χ0n) is 13.1. The molecular formula is C15H18ClN7. The summed E-state index contributed by atoms with van der Waals surface area (Å²) in [7, 11) is 3.96. The van der Waals surface area contributed by atoms with E-state index in [1.54, 1.807) is 4.80 Å². The van der Waals surface area contributed by atoms with E-state index < -0.39 is 0 Å². The average Bonchev–Trinajstić information content (AvgIpc) is 2.82. The Morgan fingerprint density at radius 3 is 2.65 bits per heavy atom. The van der Waals surface area contributed by atoms with E-state index in [0.717, 1.165) is 54.9 Å². The quantitative estimate of drug-likeness (QED) is 0.798. The van der Waals surface area contributed by atoms with Crippen LogP contribution in [0.1, 0.15) is 5.69 Å². The van der Waals surface area contributed by atoms with Gasteiger partial charge in [0.1, 0.15) is 0 Å². The van der Waals surface area contributed by atoms with Gasteiger partial charge in [-0.15, -0.1) is 10.2 Å². The van der Waals surface area contributed by atoms with Crippen LogP contribution in [-0.2, 0) is 7.05 Å². The Balaban J connectivity index is 1.82. The third-order valence-electron chi connectivity index (χ3n) is 4.17. The van der Waals surface area contributed by atoms with Gasteiger partial charge in [0.15, 0.2) is 17.3 Å². The first-order valence-electron chi connectivity index (χ1n) is 7.60. The molecule has 2 aliphatic heterocycles. The van der Waals surface area contributed by atoms with Crippen molar-refractivity contribution in [3.8, 4) is 0 Å². The minimum absolute atomic E-state index is 0.667. The van der Waals surface area contributed by atoms with Crippen LogP contribution in [0, 0.1) is 0 Å². The molecule has 8 heteroatoms. The number of rotatable bonds is 0. The molecule has 0 unspecified atom stereocenters. The number of anilines is 2. The third-order valence-corrected chi connectivity index (χ3v) is 4.40. The monoisotopic (exact) mass is 331 g/mol. The van der Waals surface area contributed by atoms with E-state index in [1.807, 2.05) is 25.2 Å². The maximum Gasteiger partial charge on any atom is 0.184 e. The van der Waals surface area contributed by atoms with Crippen LogP contribution in [-0.4, -0.2) is 63.9 Å². The number of likely N-dealkylation sites (N-methyl/N-ethyl adjacent to an activating group) is 1. The Morgan fingerprint density at radius 1 is 1.09 bits per heavy atom. The van der Waals surface area contributed by atoms with Crippen LogP contribution in [0.4, 0.5) is 17.2 Å². The van der Waals surface area contributed by atoms with Crippen molar-refractivity contribution in [2.75, 3.05) is 38.5 Å². The first-order chi connectivity index (χ1) is 11.1. The fraction of sp³-hybridized carbons (Fsp3) is 0.400. The first-order valence-corrected chi connectivity index (χ1v) is 7.98. The van der Waals surface area contributed by atoms with Crippen LogP contribution in [0.15, 0.2) is 23.2 Å². The molecule has 0 bridgehead atoms. The van der Waals surface area contributed by atoms with Crippen molar-refractivity contribution in [2.45, 2.75) is 0 Å². The predicted octanol–water partition coefficient (Wildman–Crippen LogP) is 1.85. The second-order valence-electron chi connectivity index (χ2n) is 5.90. The molecule has 0 amide bonds. The summed E-state index contributed by atoms with van der Waals surface area (Å²) < 4.78 is 0. The van der Waals surface area contributed by atoms with E-state index in [1.165, 1.54) is 0 Å². The molecule has 7 nitrogen and oxygen atoms in total. The highest BCUT2D eigenvalue weighted by Gasteiger charge is 2.27. The van der Waals surface area contributed by atoms with E-state index >= 15 is 0 Å². The molecule has 23 heavy (non-hydrogen) atoms. The van der Waals surface area contributed by atoms with Gasteiger partial charge >= 0.3 is 0 Å². The lowest BCUT2D eigenvalue weighted by molar-refractivity contribution is 0.215. The van der Waals surface area contributed by atoms with Crippen LogP contribution in [0.2, 0.25) is 5.02 Å². The van der Waals surface area contributed by atoms with Crippen LogP contribution < -0.4 is 5.32 Å². The Bertz CT molecular complexity index is 774. The van der Waals surface area contributed by atoms with Crippen molar-refractivity contribution >= 4 is 34.6 Å². The second kappa shape index (κ2) is 5.50. The zero-order chi connectivity index (χ0) is 16.0. The first kappa shape index (κ1) is 14.5. The summed E-state index contributed by atoms with van der Waals surface area (Å²) in [6.45, 7) is 3.84. The number of amidine groups is 1. The number of fused-ring (bicyclic) bond motifs is 2. The van der Waals surface area contributed by atoms with Crippen molar-refractivity contribution in [3.63, 3.8) is 0 Å². The minimum atomic E-state index is 0.667. The van der Waals surface area contributed by atoms with Crippen molar-refractivity contribution < 1.29 is 0 Å². The van der Waals surface area contributed by atoms with Gasteiger partial charge < -0.3 is 15.1 Å². The number of hydrogen-bond donors (Lipinski definition) is 1. The fourth-order valence-corrected chi connectivity index (χ4v) is 3.04. The maximum absolute atomic E-state index is 6.14. The Morgan fingerprint density at radius 2 is 1.87 bits per heavy atom. The van der Waals surface area contributed by atoms with Crippen LogP contribution in [0.25, 0.3) is 0 Å². The van der Waals surface area contributed by atoms with Gasteiger partial charge in [0.25, 0.3) is 0 Å². The van der Waals surface area contributed by atoms with Crippen molar-refractivity contribution in [1.82, 2.24) is 24.8 Å². The van der Waals surface area contributed by atoms with Gasteiger partial charge in [0.2, 0.25) is 0 Å². The van der Waals surface area contributed by atoms with Gasteiger partial charge in [0.05, 0.1) is 11.4 Å². The Hall–Kier alpha value is -2.12. The van der Waals surface area contributed by atoms with Gasteiger partial charge in [-0.2, -0.15) is 4.80 Å². The number of nitrogens with zero attached hydrogens (tertiary/aromatic N) is 6. The van der Waals surface area contributed by atoms with Gasteiger partial charge in [-0.25, -0.2) is 4.99 Å². The molecule has 1 aromatic carbocycles. The summed E-state index contributed by atoms with van der Waals surface area (Å²) in [5.41, 5.74) is 2.48. The normalized spacial score (nSPS) is 17.9. The van der Waals surface area contributed by atoms with Crippen molar-refractivity contribution in [1.29, 1.82) is 0 Å². The standard InChI is InChI=1S/C15H18ClN7/c1-21-5-7-23(8-6-21)15-13-14(20-22(2)19-13)17-11-4-3-10(16)9-12(11)18-15/h3-4,9H,5-8H2,1-2H3,(H,17,20). The van der Waals surface area contributed by atoms with Gasteiger partial charge in [-0.1, -0.05) is 11.6 Å². The highest BCUT2D eigenvalue weighted by atomic mass is 35.5. The summed E-state index contributed by atoms with van der Waals surface area (Å²) >= 11 is 6.14. The molecule has 2 aromatic rings. The average molecular weight is 332 g/mol. The summed E-state index contributed by atoms with van der Waals surface area (Å²) in [6.07, 6.45) is 0. The van der Waals surface area contributed by atoms with E-state index in [9.17, 15) is 0 Å². The number of nitrogens with one attached hydrogen (secondary N) is 1. The topological polar surface area (TPSA) is 61.6 Å². The number of halogens is 1. The number of aliphatic imine (C=N–C) groups is 1. The number of piperazine rings is 1. The number of aryl methyl sites for hydroxylation is 1. The maximum atomic E-state index is 6.14. The van der Waals surface area contributed by atoms with E-state index in [2.05, 4.69) is 32.4 Å². The smallest absolute Gasteiger partial charge is 0.184 e. The number of benzene rings is 1. The van der Waals surface area contributed by atoms with Gasteiger partial charge in [-0.05, 0) is 25.2 Å². The summed E-state index contributed by atoms with van der Waals surface area (Å²) in [5.74, 6) is 1.58. The number of hydrogen-bond acceptors (Lipinski definition) is 6. The minimum Gasteiger partial charge on any atom is -0.352 e. The van der Waals surface area contributed by atoms with Crippen molar-refractivity contribution in [3.05, 3.63) is 28.9 Å². The molecule has 0 spiro atoms. The highest BCUT2D eigenvalue weighted by Crippen LogP contribution is 2.35. The summed E-state index contributed by atoms with van der Waals surface area (Å²) in [5, 5.41) is 12.9. The summed E-state index contributed by atoms with van der Waals surface area (Å²) in [4.78, 5) is 11.0. The molecule has 0 atom stereocenters. The van der Waals surface area contributed by atoms with Crippen molar-refractivity contribution in [2.24, 2.45) is 12.0 Å². The SMILES string of the molecule is CN1CCN(C2=Nc3cc(Cl)ccc3Nc3nn(C)nc32)CC1. The van der Waals surface area contributed by atoms with Crippen LogP contribution in [0.5, 0.6) is 0 Å². The largest absolute Gasteiger partial charge is 0.352 e. The Kier molecular flexibility index (Phi) is 3.46. The van der Waals surface area contributed by atoms with E-state index in [0.29, 0.717) is 5.02 Å². The molecule has 0 aliphatic carbocycles. The zero-order valence-corrected chi connectivity index (χ0v) is 13.9. The number of aromatic nitrogens is 3. The highest BCUT2D eigenvalue weighted by molar-refractivity contribution is 6.31. The lowest BCUT2D eigenvalue weighted by Crippen LogP contribution is -2.47. The molecule has 2 aliphatic rings. The second-order valence-corrected chi connectivity index (χ2v) is 6.34. The molecule has 1 N–H and O–H groups in total. The lowest BCUT2D eigenvalue weighted by Gasteiger charge is -2.33. The van der Waals surface area contributed by atoms with E-state index in [4.69, 9.17) is 16.6 Å². The molecule has 1 fully saturated rings. The third kappa shape index (κ3) is 2.66. The molecule has 0 saturated carbocycles. The molecule has 1 saturated heterocycles. The molecule has 3 heterocycles. The molecule has 4 rings (SSSR count). The van der Waals surface area contributed by atoms with Crippen LogP contribution >= 0.6 is 11.6 Å². The Labute approximate surface area is 139 Å².